The van der Waals surface area contributed by atoms with Crippen LogP contribution in [-0.2, 0) is 0 Å². The highest BCUT2D eigenvalue weighted by Crippen LogP contribution is 2.23. The molecule has 0 aliphatic rings. The van der Waals surface area contributed by atoms with E-state index in [9.17, 15) is 0 Å². The maximum atomic E-state index is 5.84. The van der Waals surface area contributed by atoms with Crippen molar-refractivity contribution in [3.8, 4) is 5.75 Å². The van der Waals surface area contributed by atoms with Crippen molar-refractivity contribution < 1.29 is 4.74 Å². The largest absolute Gasteiger partial charge is 0.491 e. The van der Waals surface area contributed by atoms with Gasteiger partial charge in [-0.1, -0.05) is 43.2 Å². The van der Waals surface area contributed by atoms with Gasteiger partial charge in [-0.2, -0.15) is 0 Å². The molecule has 0 atom stereocenters. The standard InChI is InChI=1S/C20H28N2O/c1-4-5-14-23-20-9-7-6-8-19(20)22-13-12-21-18-11-10-16(2)15-17(18)3/h6-11,15,21-22H,4-5,12-14H2,1-3H3. The summed E-state index contributed by atoms with van der Waals surface area (Å²) in [6, 6.07) is 14.6. The summed E-state index contributed by atoms with van der Waals surface area (Å²) in [5.41, 5.74) is 4.84. The number of rotatable bonds is 9. The average Bonchev–Trinajstić information content (AvgIpc) is 2.54. The summed E-state index contributed by atoms with van der Waals surface area (Å²) < 4.78 is 5.84. The fourth-order valence-electron chi connectivity index (χ4n) is 2.47. The number of aryl methyl sites for hydroxylation is 2. The molecule has 0 bridgehead atoms. The molecule has 2 aromatic rings. The number of para-hydroxylation sites is 2. The van der Waals surface area contributed by atoms with E-state index in [2.05, 4.69) is 55.7 Å². The lowest BCUT2D eigenvalue weighted by atomic mass is 10.1. The van der Waals surface area contributed by atoms with Gasteiger partial charge in [0.05, 0.1) is 12.3 Å². The van der Waals surface area contributed by atoms with Crippen LogP contribution in [0.25, 0.3) is 0 Å². The smallest absolute Gasteiger partial charge is 0.142 e. The summed E-state index contributed by atoms with van der Waals surface area (Å²) in [6.07, 6.45) is 2.23. The molecule has 0 amide bonds. The molecule has 3 nitrogen and oxygen atoms in total. The fraction of sp³-hybridized carbons (Fsp3) is 0.400. The number of unbranched alkanes of at least 4 members (excludes halogenated alkanes) is 1. The second-order valence-corrected chi connectivity index (χ2v) is 5.87. The highest BCUT2D eigenvalue weighted by atomic mass is 16.5. The van der Waals surface area contributed by atoms with Gasteiger partial charge in [0.15, 0.2) is 0 Å². The van der Waals surface area contributed by atoms with E-state index in [1.54, 1.807) is 0 Å². The number of benzene rings is 2. The van der Waals surface area contributed by atoms with Crippen molar-refractivity contribution in [1.82, 2.24) is 0 Å². The molecule has 23 heavy (non-hydrogen) atoms. The predicted molar refractivity (Wildman–Crippen MR) is 99.7 cm³/mol. The highest BCUT2D eigenvalue weighted by Gasteiger charge is 2.02. The molecule has 2 N–H and O–H groups in total. The Morgan fingerprint density at radius 3 is 2.39 bits per heavy atom. The lowest BCUT2D eigenvalue weighted by Crippen LogP contribution is -2.15. The van der Waals surface area contributed by atoms with Crippen LogP contribution in [-0.4, -0.2) is 19.7 Å². The molecule has 2 aromatic carbocycles. The van der Waals surface area contributed by atoms with Crippen molar-refractivity contribution in [2.24, 2.45) is 0 Å². The number of ether oxygens (including phenoxy) is 1. The summed E-state index contributed by atoms with van der Waals surface area (Å²) in [7, 11) is 0. The normalized spacial score (nSPS) is 10.4. The van der Waals surface area contributed by atoms with Crippen molar-refractivity contribution in [3.63, 3.8) is 0 Å². The zero-order chi connectivity index (χ0) is 16.5. The topological polar surface area (TPSA) is 33.3 Å². The Morgan fingerprint density at radius 1 is 0.913 bits per heavy atom. The van der Waals surface area contributed by atoms with E-state index in [1.165, 1.54) is 16.8 Å². The highest BCUT2D eigenvalue weighted by molar-refractivity contribution is 5.56. The van der Waals surface area contributed by atoms with E-state index in [-0.39, 0.29) is 0 Å². The first-order valence-electron chi connectivity index (χ1n) is 8.47. The maximum Gasteiger partial charge on any atom is 0.142 e. The van der Waals surface area contributed by atoms with Crippen LogP contribution in [0, 0.1) is 13.8 Å². The molecule has 0 aliphatic heterocycles. The third-order valence-corrected chi connectivity index (χ3v) is 3.78. The zero-order valence-electron chi connectivity index (χ0n) is 14.5. The van der Waals surface area contributed by atoms with E-state index in [1.807, 2.05) is 18.2 Å². The van der Waals surface area contributed by atoms with Gasteiger partial charge in [0, 0.05) is 18.8 Å². The van der Waals surface area contributed by atoms with Gasteiger partial charge in [-0.3, -0.25) is 0 Å². The van der Waals surface area contributed by atoms with Crippen LogP contribution < -0.4 is 15.4 Å². The van der Waals surface area contributed by atoms with E-state index < -0.39 is 0 Å². The van der Waals surface area contributed by atoms with Crippen LogP contribution in [0.4, 0.5) is 11.4 Å². The third-order valence-electron chi connectivity index (χ3n) is 3.78. The van der Waals surface area contributed by atoms with Crippen molar-refractivity contribution in [1.29, 1.82) is 0 Å². The maximum absolute atomic E-state index is 5.84. The molecule has 2 rings (SSSR count). The Hall–Kier alpha value is -2.16. The van der Waals surface area contributed by atoms with Crippen molar-refractivity contribution in [2.75, 3.05) is 30.3 Å². The van der Waals surface area contributed by atoms with Crippen LogP contribution in [0.5, 0.6) is 5.75 Å². The fourth-order valence-corrected chi connectivity index (χ4v) is 2.47. The molecular weight excluding hydrogens is 284 g/mol. The lowest BCUT2D eigenvalue weighted by Gasteiger charge is -2.14. The van der Waals surface area contributed by atoms with Gasteiger partial charge in [-0.15, -0.1) is 0 Å². The Balaban J connectivity index is 1.82. The first-order chi connectivity index (χ1) is 11.2. The molecular formula is C20H28N2O. The SMILES string of the molecule is CCCCOc1ccccc1NCCNc1ccc(C)cc1C. The van der Waals surface area contributed by atoms with Gasteiger partial charge < -0.3 is 15.4 Å². The summed E-state index contributed by atoms with van der Waals surface area (Å²) in [5.74, 6) is 0.937. The monoisotopic (exact) mass is 312 g/mol. The van der Waals surface area contributed by atoms with Gasteiger partial charge in [-0.25, -0.2) is 0 Å². The minimum Gasteiger partial charge on any atom is -0.491 e. The Morgan fingerprint density at radius 2 is 1.65 bits per heavy atom. The minimum atomic E-state index is 0.774. The third kappa shape index (κ3) is 5.51. The predicted octanol–water partition coefficient (Wildman–Crippen LogP) is 5.01. The quantitative estimate of drug-likeness (QED) is 0.639. The van der Waals surface area contributed by atoms with Gasteiger partial charge in [-0.05, 0) is 44.0 Å². The Bertz CT molecular complexity index is 610. The van der Waals surface area contributed by atoms with Crippen LogP contribution in [0.15, 0.2) is 42.5 Å². The summed E-state index contributed by atoms with van der Waals surface area (Å²) >= 11 is 0. The summed E-state index contributed by atoms with van der Waals surface area (Å²) in [5, 5.41) is 6.93. The molecule has 0 saturated heterocycles. The number of hydrogen-bond acceptors (Lipinski definition) is 3. The molecule has 0 fully saturated rings. The summed E-state index contributed by atoms with van der Waals surface area (Å²) in [4.78, 5) is 0. The minimum absolute atomic E-state index is 0.774. The van der Waals surface area contributed by atoms with Crippen LogP contribution >= 0.6 is 0 Å². The second-order valence-electron chi connectivity index (χ2n) is 5.87. The lowest BCUT2D eigenvalue weighted by molar-refractivity contribution is 0.311. The van der Waals surface area contributed by atoms with E-state index >= 15 is 0 Å². The van der Waals surface area contributed by atoms with Crippen molar-refractivity contribution in [2.45, 2.75) is 33.6 Å². The van der Waals surface area contributed by atoms with E-state index in [0.29, 0.717) is 0 Å². The molecule has 124 valence electrons. The number of nitrogens with one attached hydrogen (secondary N) is 2. The van der Waals surface area contributed by atoms with E-state index in [0.717, 1.165) is 44.0 Å². The van der Waals surface area contributed by atoms with Crippen molar-refractivity contribution in [3.05, 3.63) is 53.6 Å². The van der Waals surface area contributed by atoms with E-state index in [4.69, 9.17) is 4.74 Å². The van der Waals surface area contributed by atoms with Crippen LogP contribution in [0.3, 0.4) is 0 Å². The molecule has 0 radical (unpaired) electrons. The molecule has 0 unspecified atom stereocenters. The van der Waals surface area contributed by atoms with Gasteiger partial charge in [0.1, 0.15) is 5.75 Å². The first-order valence-corrected chi connectivity index (χ1v) is 8.47. The van der Waals surface area contributed by atoms with Crippen LogP contribution in [0.2, 0.25) is 0 Å². The Labute approximate surface area is 140 Å². The average molecular weight is 312 g/mol. The first kappa shape index (κ1) is 17.2. The van der Waals surface area contributed by atoms with Crippen molar-refractivity contribution >= 4 is 11.4 Å². The molecule has 0 heterocycles. The Kier molecular flexibility index (Phi) is 6.79. The second kappa shape index (κ2) is 9.09. The number of hydrogen-bond donors (Lipinski definition) is 2. The van der Waals surface area contributed by atoms with Gasteiger partial charge in [0.2, 0.25) is 0 Å². The molecule has 0 saturated carbocycles. The molecule has 0 aromatic heterocycles. The van der Waals surface area contributed by atoms with Gasteiger partial charge >= 0.3 is 0 Å². The molecule has 0 aliphatic carbocycles. The molecule has 0 spiro atoms. The zero-order valence-corrected chi connectivity index (χ0v) is 14.5. The van der Waals surface area contributed by atoms with Gasteiger partial charge in [0.25, 0.3) is 0 Å². The van der Waals surface area contributed by atoms with Crippen LogP contribution in [0.1, 0.15) is 30.9 Å². The number of anilines is 2. The summed E-state index contributed by atoms with van der Waals surface area (Å²) in [6.45, 7) is 8.92. The molecule has 3 heteroatoms.